The van der Waals surface area contributed by atoms with E-state index in [4.69, 9.17) is 4.52 Å². The summed E-state index contributed by atoms with van der Waals surface area (Å²) >= 11 is 3.92. The van der Waals surface area contributed by atoms with E-state index in [1.54, 1.807) is 0 Å². The van der Waals surface area contributed by atoms with Crippen molar-refractivity contribution in [3.05, 3.63) is 11.7 Å². The van der Waals surface area contributed by atoms with Crippen molar-refractivity contribution >= 4 is 23.5 Å². The summed E-state index contributed by atoms with van der Waals surface area (Å²) in [6.07, 6.45) is 1.92. The highest BCUT2D eigenvalue weighted by Crippen LogP contribution is 2.42. The second kappa shape index (κ2) is 6.82. The Morgan fingerprint density at radius 3 is 2.89 bits per heavy atom. The zero-order valence-corrected chi connectivity index (χ0v) is 12.5. The van der Waals surface area contributed by atoms with Gasteiger partial charge in [0.2, 0.25) is 5.89 Å². The van der Waals surface area contributed by atoms with Crippen LogP contribution in [0.1, 0.15) is 43.7 Å². The van der Waals surface area contributed by atoms with Crippen molar-refractivity contribution in [3.63, 3.8) is 0 Å². The van der Waals surface area contributed by atoms with Crippen molar-refractivity contribution in [3.8, 4) is 0 Å². The molecule has 1 saturated heterocycles. The van der Waals surface area contributed by atoms with Crippen LogP contribution in [0, 0.1) is 0 Å². The quantitative estimate of drug-likeness (QED) is 0.899. The molecule has 3 unspecified atom stereocenters. The van der Waals surface area contributed by atoms with Gasteiger partial charge < -0.3 is 9.63 Å². The molecular weight excluding hydrogens is 268 g/mol. The number of nitrogens with zero attached hydrogens (tertiary/aromatic N) is 2. The molecule has 1 N–H and O–H groups in total. The summed E-state index contributed by atoms with van der Waals surface area (Å²) in [5.74, 6) is 3.72. The number of rotatable bonds is 5. The summed E-state index contributed by atoms with van der Waals surface area (Å²) in [7, 11) is 0. The van der Waals surface area contributed by atoms with Gasteiger partial charge in [0.05, 0.1) is 17.8 Å². The predicted octanol–water partition coefficient (Wildman–Crippen LogP) is 2.68. The van der Waals surface area contributed by atoms with Crippen molar-refractivity contribution < 1.29 is 9.63 Å². The molecule has 0 radical (unpaired) electrons. The molecule has 2 heterocycles. The molecule has 0 bridgehead atoms. The van der Waals surface area contributed by atoms with Gasteiger partial charge in [-0.2, -0.15) is 16.7 Å². The molecule has 0 saturated carbocycles. The van der Waals surface area contributed by atoms with Crippen LogP contribution in [0.5, 0.6) is 0 Å². The molecular formula is C12H20N2O2S2. The summed E-state index contributed by atoms with van der Waals surface area (Å²) < 4.78 is 5.24. The molecule has 6 heteroatoms. The molecule has 0 aromatic carbocycles. The number of aromatic nitrogens is 2. The van der Waals surface area contributed by atoms with Crippen LogP contribution in [0.15, 0.2) is 4.52 Å². The van der Waals surface area contributed by atoms with Gasteiger partial charge in [-0.3, -0.25) is 0 Å². The molecule has 102 valence electrons. The summed E-state index contributed by atoms with van der Waals surface area (Å²) in [6.45, 7) is 4.15. The fourth-order valence-corrected chi connectivity index (χ4v) is 4.94. The van der Waals surface area contributed by atoms with Gasteiger partial charge in [0.15, 0.2) is 5.82 Å². The zero-order valence-electron chi connectivity index (χ0n) is 10.8. The van der Waals surface area contributed by atoms with E-state index in [-0.39, 0.29) is 6.10 Å². The summed E-state index contributed by atoms with van der Waals surface area (Å²) in [5, 5.41) is 14.6. The number of aliphatic hydroxyl groups is 1. The lowest BCUT2D eigenvalue weighted by Crippen LogP contribution is -2.19. The lowest BCUT2D eigenvalue weighted by molar-refractivity contribution is 0.158. The smallest absolute Gasteiger partial charge is 0.229 e. The standard InChI is InChI=1S/C12H20N2O2S2/c1-3-8(15)7-10-13-12(14-16-10)11-9(4-2)17-5-6-18-11/h8-9,11,15H,3-7H2,1-2H3. The van der Waals surface area contributed by atoms with E-state index in [2.05, 4.69) is 17.1 Å². The maximum absolute atomic E-state index is 9.59. The Morgan fingerprint density at radius 2 is 2.17 bits per heavy atom. The minimum atomic E-state index is -0.381. The molecule has 0 amide bonds. The second-order valence-corrected chi connectivity index (χ2v) is 7.02. The van der Waals surface area contributed by atoms with Crippen molar-refractivity contribution in [2.45, 2.75) is 49.7 Å². The Bertz CT molecular complexity index is 373. The topological polar surface area (TPSA) is 59.2 Å². The summed E-state index contributed by atoms with van der Waals surface area (Å²) in [6, 6.07) is 0. The Balaban J connectivity index is 2.03. The third-order valence-corrected chi connectivity index (χ3v) is 6.31. The third kappa shape index (κ3) is 3.42. The molecule has 0 spiro atoms. The predicted molar refractivity (Wildman–Crippen MR) is 76.0 cm³/mol. The highest BCUT2D eigenvalue weighted by atomic mass is 32.2. The third-order valence-electron chi connectivity index (χ3n) is 3.07. The number of hydrogen-bond donors (Lipinski definition) is 1. The van der Waals surface area contributed by atoms with Crippen molar-refractivity contribution in [1.82, 2.24) is 10.1 Å². The minimum Gasteiger partial charge on any atom is -0.393 e. The van der Waals surface area contributed by atoms with Gasteiger partial charge in [0.25, 0.3) is 0 Å². The van der Waals surface area contributed by atoms with Crippen molar-refractivity contribution in [2.75, 3.05) is 11.5 Å². The van der Waals surface area contributed by atoms with E-state index in [9.17, 15) is 5.11 Å². The first-order valence-corrected chi connectivity index (χ1v) is 8.58. The highest BCUT2D eigenvalue weighted by Gasteiger charge is 2.30. The van der Waals surface area contributed by atoms with Gasteiger partial charge in [-0.25, -0.2) is 0 Å². The maximum atomic E-state index is 9.59. The first-order valence-electron chi connectivity index (χ1n) is 6.48. The molecule has 1 fully saturated rings. The van der Waals surface area contributed by atoms with Crippen LogP contribution in [0.4, 0.5) is 0 Å². The molecule has 1 aromatic rings. The highest BCUT2D eigenvalue weighted by molar-refractivity contribution is 8.06. The molecule has 4 nitrogen and oxygen atoms in total. The van der Waals surface area contributed by atoms with Crippen LogP contribution in [0.25, 0.3) is 0 Å². The van der Waals surface area contributed by atoms with Gasteiger partial charge in [0.1, 0.15) is 0 Å². The van der Waals surface area contributed by atoms with E-state index in [0.29, 0.717) is 29.2 Å². The Morgan fingerprint density at radius 1 is 1.39 bits per heavy atom. The van der Waals surface area contributed by atoms with Gasteiger partial charge in [0, 0.05) is 16.8 Å². The maximum Gasteiger partial charge on any atom is 0.229 e. The lowest BCUT2D eigenvalue weighted by Gasteiger charge is -2.27. The molecule has 18 heavy (non-hydrogen) atoms. The second-order valence-electron chi connectivity index (χ2n) is 4.42. The Hall–Kier alpha value is -0.200. The molecule has 1 aromatic heterocycles. The largest absolute Gasteiger partial charge is 0.393 e. The van der Waals surface area contributed by atoms with Gasteiger partial charge in [-0.15, -0.1) is 11.8 Å². The van der Waals surface area contributed by atoms with Crippen LogP contribution in [0.2, 0.25) is 0 Å². The zero-order chi connectivity index (χ0) is 13.0. The van der Waals surface area contributed by atoms with Gasteiger partial charge >= 0.3 is 0 Å². The minimum absolute atomic E-state index is 0.338. The van der Waals surface area contributed by atoms with E-state index < -0.39 is 0 Å². The van der Waals surface area contributed by atoms with E-state index in [0.717, 1.165) is 18.0 Å². The fourth-order valence-electron chi connectivity index (χ4n) is 1.95. The molecule has 3 atom stereocenters. The van der Waals surface area contributed by atoms with Crippen LogP contribution in [-0.4, -0.2) is 38.1 Å². The Kier molecular flexibility index (Phi) is 5.38. The molecule has 1 aliphatic rings. The SMILES string of the molecule is CCC(O)Cc1nc(C2SCCSC2CC)no1. The van der Waals surface area contributed by atoms with Crippen LogP contribution in [-0.2, 0) is 6.42 Å². The Labute approximate surface area is 116 Å². The van der Waals surface area contributed by atoms with Crippen LogP contribution in [0.3, 0.4) is 0 Å². The van der Waals surface area contributed by atoms with E-state index in [1.165, 1.54) is 5.75 Å². The first kappa shape index (κ1) is 14.2. The summed E-state index contributed by atoms with van der Waals surface area (Å²) in [4.78, 5) is 4.45. The van der Waals surface area contributed by atoms with Crippen LogP contribution >= 0.6 is 23.5 Å². The van der Waals surface area contributed by atoms with Gasteiger partial charge in [-0.05, 0) is 12.8 Å². The van der Waals surface area contributed by atoms with E-state index >= 15 is 0 Å². The number of aliphatic hydroxyl groups excluding tert-OH is 1. The van der Waals surface area contributed by atoms with Gasteiger partial charge in [-0.1, -0.05) is 19.0 Å². The van der Waals surface area contributed by atoms with Crippen molar-refractivity contribution in [1.29, 1.82) is 0 Å². The van der Waals surface area contributed by atoms with E-state index in [1.807, 2.05) is 30.4 Å². The first-order chi connectivity index (χ1) is 8.74. The number of thioether (sulfide) groups is 2. The lowest BCUT2D eigenvalue weighted by atomic mass is 10.2. The van der Waals surface area contributed by atoms with Crippen LogP contribution < -0.4 is 0 Å². The van der Waals surface area contributed by atoms with Crippen molar-refractivity contribution in [2.24, 2.45) is 0 Å². The average molecular weight is 288 g/mol. The average Bonchev–Trinajstić information content (AvgIpc) is 2.86. The molecule has 0 aliphatic carbocycles. The number of hydrogen-bond acceptors (Lipinski definition) is 6. The monoisotopic (exact) mass is 288 g/mol. The molecule has 1 aliphatic heterocycles. The fraction of sp³-hybridized carbons (Fsp3) is 0.833. The summed E-state index contributed by atoms with van der Waals surface area (Å²) in [5.41, 5.74) is 0. The normalized spacial score (nSPS) is 26.2. The molecule has 2 rings (SSSR count).